The van der Waals surface area contributed by atoms with Crippen LogP contribution in [-0.2, 0) is 5.60 Å². The summed E-state index contributed by atoms with van der Waals surface area (Å²) in [5.41, 5.74) is -0.164. The van der Waals surface area contributed by atoms with Crippen molar-refractivity contribution in [3.63, 3.8) is 0 Å². The quantitative estimate of drug-likeness (QED) is 0.581. The van der Waals surface area contributed by atoms with Crippen LogP contribution in [0.25, 0.3) is 0 Å². The van der Waals surface area contributed by atoms with Crippen molar-refractivity contribution in [3.8, 4) is 0 Å². The maximum absolute atomic E-state index is 12.4. The number of aliphatic hydroxyl groups is 1. The molecule has 0 aromatic carbocycles. The highest BCUT2D eigenvalue weighted by Gasteiger charge is 2.36. The lowest BCUT2D eigenvalue weighted by atomic mass is 9.90. The summed E-state index contributed by atoms with van der Waals surface area (Å²) in [5.74, 6) is -0.519. The van der Waals surface area contributed by atoms with Crippen molar-refractivity contribution in [2.24, 2.45) is 0 Å². The molecule has 3 nitrogen and oxygen atoms in total. The number of rotatable bonds is 1. The third kappa shape index (κ3) is 1.09. The minimum atomic E-state index is -0.833. The Hall–Kier alpha value is -1.00. The van der Waals surface area contributed by atoms with E-state index in [1.807, 2.05) is 0 Å². The van der Waals surface area contributed by atoms with Crippen molar-refractivity contribution in [1.82, 2.24) is 10.3 Å². The van der Waals surface area contributed by atoms with Crippen molar-refractivity contribution in [3.05, 3.63) is 29.8 Å². The molecule has 0 amide bonds. The second-order valence-corrected chi connectivity index (χ2v) is 3.00. The van der Waals surface area contributed by atoms with E-state index in [-0.39, 0.29) is 0 Å². The van der Waals surface area contributed by atoms with Crippen LogP contribution in [0.2, 0.25) is 0 Å². The predicted molar refractivity (Wildman–Crippen MR) is 41.0 cm³/mol. The van der Waals surface area contributed by atoms with Crippen molar-refractivity contribution in [1.29, 1.82) is 0 Å². The second kappa shape index (κ2) is 2.50. The van der Waals surface area contributed by atoms with Crippen molar-refractivity contribution in [2.75, 3.05) is 13.1 Å². The second-order valence-electron chi connectivity index (χ2n) is 3.00. The highest BCUT2D eigenvalue weighted by Crippen LogP contribution is 2.23. The van der Waals surface area contributed by atoms with E-state index >= 15 is 0 Å². The summed E-state index contributed by atoms with van der Waals surface area (Å²) in [6, 6.07) is 2.81. The number of β-amino-alcohol motifs (C(OH)–C–C–N with tert-alkyl or cyclic N) is 1. The van der Waals surface area contributed by atoms with E-state index in [1.54, 1.807) is 6.07 Å². The first kappa shape index (κ1) is 7.64. The summed E-state index contributed by atoms with van der Waals surface area (Å²) in [6.07, 6.45) is 1.37. The van der Waals surface area contributed by atoms with Crippen LogP contribution in [0.3, 0.4) is 0 Å². The molecule has 2 N–H and O–H groups in total. The van der Waals surface area contributed by atoms with Crippen LogP contribution in [-0.4, -0.2) is 23.2 Å². The van der Waals surface area contributed by atoms with Gasteiger partial charge < -0.3 is 10.4 Å². The lowest BCUT2D eigenvalue weighted by molar-refractivity contribution is -0.0150. The zero-order valence-electron chi connectivity index (χ0n) is 6.42. The Labute approximate surface area is 69.2 Å². The largest absolute Gasteiger partial charge is 0.382 e. The Kier molecular flexibility index (Phi) is 1.59. The molecule has 1 fully saturated rings. The predicted octanol–water partition coefficient (Wildman–Crippen LogP) is 0.0115. The first-order chi connectivity index (χ1) is 5.71. The van der Waals surface area contributed by atoms with Crippen molar-refractivity contribution >= 4 is 0 Å². The van der Waals surface area contributed by atoms with Gasteiger partial charge >= 0.3 is 0 Å². The zero-order valence-corrected chi connectivity index (χ0v) is 6.42. The minimum Gasteiger partial charge on any atom is -0.382 e. The van der Waals surface area contributed by atoms with Gasteiger partial charge in [-0.1, -0.05) is 0 Å². The number of nitrogens with zero attached hydrogens (tertiary/aromatic N) is 1. The average molecular weight is 168 g/mol. The molecular weight excluding hydrogens is 159 g/mol. The van der Waals surface area contributed by atoms with Crippen LogP contribution < -0.4 is 5.32 Å². The summed E-state index contributed by atoms with van der Waals surface area (Å²) in [6.45, 7) is 1.03. The van der Waals surface area contributed by atoms with E-state index in [0.717, 1.165) is 0 Å². The maximum atomic E-state index is 12.4. The van der Waals surface area contributed by atoms with Gasteiger partial charge in [-0.2, -0.15) is 4.39 Å². The minimum absolute atomic E-state index is 0.514. The molecule has 4 heteroatoms. The van der Waals surface area contributed by atoms with Gasteiger partial charge in [-0.15, -0.1) is 0 Å². The highest BCUT2D eigenvalue weighted by molar-refractivity contribution is 5.22. The molecule has 2 heterocycles. The van der Waals surface area contributed by atoms with E-state index in [2.05, 4.69) is 10.3 Å². The molecule has 1 aromatic rings. The number of hydrogen-bond donors (Lipinski definition) is 2. The highest BCUT2D eigenvalue weighted by atomic mass is 19.1. The van der Waals surface area contributed by atoms with Gasteiger partial charge in [0.15, 0.2) is 0 Å². The van der Waals surface area contributed by atoms with E-state index < -0.39 is 11.5 Å². The SMILES string of the molecule is OC1(c2ccc(F)nc2)CNC1. The third-order valence-electron chi connectivity index (χ3n) is 2.10. The van der Waals surface area contributed by atoms with Crippen LogP contribution in [0.5, 0.6) is 0 Å². The van der Waals surface area contributed by atoms with Crippen LogP contribution in [0.1, 0.15) is 5.56 Å². The zero-order chi connectivity index (χ0) is 8.60. The number of aromatic nitrogens is 1. The molecule has 2 rings (SSSR count). The van der Waals surface area contributed by atoms with E-state index in [1.165, 1.54) is 12.3 Å². The fourth-order valence-corrected chi connectivity index (χ4v) is 1.22. The Balaban J connectivity index is 2.28. The summed E-state index contributed by atoms with van der Waals surface area (Å²) < 4.78 is 12.4. The van der Waals surface area contributed by atoms with Gasteiger partial charge in [0, 0.05) is 24.8 Å². The first-order valence-corrected chi connectivity index (χ1v) is 3.76. The Morgan fingerprint density at radius 2 is 2.25 bits per heavy atom. The molecule has 1 aliphatic rings. The van der Waals surface area contributed by atoms with Crippen LogP contribution >= 0.6 is 0 Å². The van der Waals surface area contributed by atoms with Gasteiger partial charge in [-0.05, 0) is 12.1 Å². The number of nitrogens with one attached hydrogen (secondary N) is 1. The summed E-state index contributed by atoms with van der Waals surface area (Å²) in [7, 11) is 0. The summed E-state index contributed by atoms with van der Waals surface area (Å²) in [5, 5.41) is 12.7. The normalized spacial score (nSPS) is 20.2. The maximum Gasteiger partial charge on any atom is 0.212 e. The average Bonchev–Trinajstić information content (AvgIpc) is 2.02. The summed E-state index contributed by atoms with van der Waals surface area (Å²) in [4.78, 5) is 3.47. The van der Waals surface area contributed by atoms with Crippen LogP contribution in [0, 0.1) is 5.95 Å². The lowest BCUT2D eigenvalue weighted by Crippen LogP contribution is -2.56. The molecule has 0 spiro atoms. The van der Waals surface area contributed by atoms with Gasteiger partial charge in [-0.3, -0.25) is 0 Å². The smallest absolute Gasteiger partial charge is 0.212 e. The third-order valence-corrected chi connectivity index (χ3v) is 2.10. The van der Waals surface area contributed by atoms with Crippen molar-refractivity contribution < 1.29 is 9.50 Å². The Morgan fingerprint density at radius 1 is 1.50 bits per heavy atom. The van der Waals surface area contributed by atoms with Gasteiger partial charge in [0.2, 0.25) is 5.95 Å². The molecule has 1 saturated heterocycles. The van der Waals surface area contributed by atoms with E-state index in [9.17, 15) is 9.50 Å². The van der Waals surface area contributed by atoms with Gasteiger partial charge in [0.25, 0.3) is 0 Å². The number of pyridine rings is 1. The Bertz CT molecular complexity index is 282. The first-order valence-electron chi connectivity index (χ1n) is 3.76. The molecule has 1 aromatic heterocycles. The van der Waals surface area contributed by atoms with E-state index in [4.69, 9.17) is 0 Å². The molecule has 0 unspecified atom stereocenters. The van der Waals surface area contributed by atoms with Gasteiger partial charge in [-0.25, -0.2) is 4.98 Å². The number of halogens is 1. The molecular formula is C8H9FN2O. The molecule has 1 aliphatic heterocycles. The van der Waals surface area contributed by atoms with Crippen LogP contribution in [0.4, 0.5) is 4.39 Å². The Morgan fingerprint density at radius 3 is 2.67 bits per heavy atom. The molecule has 0 saturated carbocycles. The fraction of sp³-hybridized carbons (Fsp3) is 0.375. The molecule has 0 atom stereocenters. The molecule has 12 heavy (non-hydrogen) atoms. The van der Waals surface area contributed by atoms with Crippen LogP contribution in [0.15, 0.2) is 18.3 Å². The fourth-order valence-electron chi connectivity index (χ4n) is 1.22. The molecule has 0 aliphatic carbocycles. The lowest BCUT2D eigenvalue weighted by Gasteiger charge is -2.37. The van der Waals surface area contributed by atoms with Gasteiger partial charge in [0.1, 0.15) is 5.60 Å². The molecule has 0 bridgehead atoms. The topological polar surface area (TPSA) is 45.2 Å². The van der Waals surface area contributed by atoms with E-state index in [0.29, 0.717) is 18.7 Å². The molecule has 64 valence electrons. The van der Waals surface area contributed by atoms with Crippen molar-refractivity contribution in [2.45, 2.75) is 5.60 Å². The monoisotopic (exact) mass is 168 g/mol. The number of hydrogen-bond acceptors (Lipinski definition) is 3. The summed E-state index contributed by atoms with van der Waals surface area (Å²) >= 11 is 0. The molecule has 0 radical (unpaired) electrons. The standard InChI is InChI=1S/C8H9FN2O/c9-7-2-1-6(3-11-7)8(12)4-10-5-8/h1-3,10,12H,4-5H2. The van der Waals surface area contributed by atoms with Gasteiger partial charge in [0.05, 0.1) is 0 Å².